The molecule has 0 unspecified atom stereocenters. The first kappa shape index (κ1) is 12.0. The van der Waals surface area contributed by atoms with Crippen LogP contribution in [0.5, 0.6) is 0 Å². The zero-order chi connectivity index (χ0) is 13.1. The molecule has 0 spiro atoms. The number of nitrogens with one attached hydrogen (secondary N) is 1. The van der Waals surface area contributed by atoms with E-state index in [1.54, 1.807) is 0 Å². The van der Waals surface area contributed by atoms with Crippen LogP contribution in [0.1, 0.15) is 5.76 Å². The lowest BCUT2D eigenvalue weighted by Crippen LogP contribution is -2.05. The lowest BCUT2D eigenvalue weighted by Gasteiger charge is -2.06. The number of hydrogen-bond donors (Lipinski definition) is 1. The second-order valence-corrected chi connectivity index (χ2v) is 3.33. The SMILES string of the molecule is O=[N+]([O-])c1ccc(F)c(F)c1NCc1cnco1. The number of nitro groups is 1. The van der Waals surface area contributed by atoms with Crippen LogP contribution in [-0.4, -0.2) is 9.91 Å². The maximum atomic E-state index is 13.5. The predicted octanol–water partition coefficient (Wildman–Crippen LogP) is 2.47. The van der Waals surface area contributed by atoms with Crippen LogP contribution in [0.2, 0.25) is 0 Å². The fourth-order valence-corrected chi connectivity index (χ4v) is 1.37. The van der Waals surface area contributed by atoms with Gasteiger partial charge in [0.05, 0.1) is 17.7 Å². The van der Waals surface area contributed by atoms with Crippen molar-refractivity contribution in [2.75, 3.05) is 5.32 Å². The summed E-state index contributed by atoms with van der Waals surface area (Å²) in [6.45, 7) is -0.0405. The first-order chi connectivity index (χ1) is 8.59. The standard InChI is InChI=1S/C10H7F2N3O3/c11-7-1-2-8(15(16)17)10(9(7)12)14-4-6-3-13-5-18-6/h1-3,5,14H,4H2. The quantitative estimate of drug-likeness (QED) is 0.670. The van der Waals surface area contributed by atoms with E-state index >= 15 is 0 Å². The highest BCUT2D eigenvalue weighted by Gasteiger charge is 2.21. The average molecular weight is 255 g/mol. The largest absolute Gasteiger partial charge is 0.447 e. The van der Waals surface area contributed by atoms with Gasteiger partial charge >= 0.3 is 0 Å². The maximum Gasteiger partial charge on any atom is 0.295 e. The molecule has 1 aromatic heterocycles. The van der Waals surface area contributed by atoms with Crippen LogP contribution in [0.3, 0.4) is 0 Å². The molecule has 0 bridgehead atoms. The lowest BCUT2D eigenvalue weighted by atomic mass is 10.2. The Labute approximate surface area is 99.4 Å². The van der Waals surface area contributed by atoms with Crippen LogP contribution in [0.25, 0.3) is 0 Å². The van der Waals surface area contributed by atoms with Crippen molar-refractivity contribution in [3.63, 3.8) is 0 Å². The van der Waals surface area contributed by atoms with Gasteiger partial charge in [-0.3, -0.25) is 10.1 Å². The number of hydrogen-bond acceptors (Lipinski definition) is 5. The molecule has 2 rings (SSSR count). The number of rotatable bonds is 4. The fraction of sp³-hybridized carbons (Fsp3) is 0.100. The molecule has 0 fully saturated rings. The predicted molar refractivity (Wildman–Crippen MR) is 56.8 cm³/mol. The number of nitrogens with zero attached hydrogens (tertiary/aromatic N) is 2. The number of aromatic nitrogens is 1. The zero-order valence-electron chi connectivity index (χ0n) is 8.89. The maximum absolute atomic E-state index is 13.5. The second kappa shape index (κ2) is 4.78. The molecule has 1 heterocycles. The molecule has 2 aromatic rings. The van der Waals surface area contributed by atoms with Gasteiger partial charge in [-0.2, -0.15) is 0 Å². The molecule has 1 N–H and O–H groups in total. The summed E-state index contributed by atoms with van der Waals surface area (Å²) < 4.78 is 31.3. The van der Waals surface area contributed by atoms with E-state index in [0.717, 1.165) is 12.5 Å². The van der Waals surface area contributed by atoms with Crippen LogP contribution in [-0.2, 0) is 6.54 Å². The Morgan fingerprint density at radius 3 is 2.83 bits per heavy atom. The summed E-state index contributed by atoms with van der Waals surface area (Å²) in [4.78, 5) is 13.5. The third-order valence-electron chi connectivity index (χ3n) is 2.19. The van der Waals surface area contributed by atoms with E-state index in [0.29, 0.717) is 11.8 Å². The average Bonchev–Trinajstić information content (AvgIpc) is 2.83. The Bertz CT molecular complexity index is 572. The fourth-order valence-electron chi connectivity index (χ4n) is 1.37. The lowest BCUT2D eigenvalue weighted by molar-refractivity contribution is -0.384. The molecule has 0 aliphatic rings. The van der Waals surface area contributed by atoms with Crippen molar-refractivity contribution in [3.05, 3.63) is 52.2 Å². The van der Waals surface area contributed by atoms with Gasteiger partial charge in [0, 0.05) is 6.07 Å². The van der Waals surface area contributed by atoms with Crippen molar-refractivity contribution in [3.8, 4) is 0 Å². The van der Waals surface area contributed by atoms with Gasteiger partial charge in [-0.05, 0) is 6.07 Å². The zero-order valence-corrected chi connectivity index (χ0v) is 8.89. The van der Waals surface area contributed by atoms with Gasteiger partial charge in [0.2, 0.25) is 0 Å². The molecule has 1 aromatic carbocycles. The van der Waals surface area contributed by atoms with Gasteiger partial charge in [-0.1, -0.05) is 0 Å². The van der Waals surface area contributed by atoms with Crippen molar-refractivity contribution >= 4 is 11.4 Å². The van der Waals surface area contributed by atoms with Crippen molar-refractivity contribution < 1.29 is 18.1 Å². The Hall–Kier alpha value is -2.51. The van der Waals surface area contributed by atoms with Gasteiger partial charge in [-0.25, -0.2) is 13.8 Å². The molecular formula is C10H7F2N3O3. The molecule has 8 heteroatoms. The van der Waals surface area contributed by atoms with Gasteiger partial charge < -0.3 is 9.73 Å². The smallest absolute Gasteiger partial charge is 0.295 e. The third-order valence-corrected chi connectivity index (χ3v) is 2.19. The third kappa shape index (κ3) is 2.26. The van der Waals surface area contributed by atoms with Crippen LogP contribution in [0.15, 0.2) is 29.1 Å². The number of halogens is 2. The van der Waals surface area contributed by atoms with Gasteiger partial charge in [0.1, 0.15) is 5.76 Å². The molecular weight excluding hydrogens is 248 g/mol. The van der Waals surface area contributed by atoms with Crippen LogP contribution in [0, 0.1) is 21.7 Å². The van der Waals surface area contributed by atoms with E-state index in [1.165, 1.54) is 6.20 Å². The first-order valence-electron chi connectivity index (χ1n) is 4.83. The van der Waals surface area contributed by atoms with E-state index in [9.17, 15) is 18.9 Å². The molecule has 0 radical (unpaired) electrons. The summed E-state index contributed by atoms with van der Waals surface area (Å²) in [5.74, 6) is -2.13. The second-order valence-electron chi connectivity index (χ2n) is 3.33. The molecule has 18 heavy (non-hydrogen) atoms. The van der Waals surface area contributed by atoms with Gasteiger partial charge in [-0.15, -0.1) is 0 Å². The van der Waals surface area contributed by atoms with Crippen LogP contribution < -0.4 is 5.32 Å². The van der Waals surface area contributed by atoms with Crippen molar-refractivity contribution in [1.82, 2.24) is 4.98 Å². The summed E-state index contributed by atoms with van der Waals surface area (Å²) in [5.41, 5.74) is -1.06. The van der Waals surface area contributed by atoms with E-state index in [4.69, 9.17) is 4.42 Å². The highest BCUT2D eigenvalue weighted by Crippen LogP contribution is 2.29. The normalized spacial score (nSPS) is 10.3. The minimum atomic E-state index is -1.30. The summed E-state index contributed by atoms with van der Waals surface area (Å²) >= 11 is 0. The number of oxazole rings is 1. The van der Waals surface area contributed by atoms with Crippen LogP contribution >= 0.6 is 0 Å². The Morgan fingerprint density at radius 1 is 1.44 bits per heavy atom. The number of benzene rings is 1. The molecule has 6 nitrogen and oxygen atoms in total. The first-order valence-corrected chi connectivity index (χ1v) is 4.83. The van der Waals surface area contributed by atoms with Gasteiger partial charge in [0.15, 0.2) is 23.7 Å². The Balaban J connectivity index is 2.30. The number of nitro benzene ring substituents is 1. The monoisotopic (exact) mass is 255 g/mol. The highest BCUT2D eigenvalue weighted by molar-refractivity contribution is 5.62. The Kier molecular flexibility index (Phi) is 3.18. The van der Waals surface area contributed by atoms with Crippen molar-refractivity contribution in [2.24, 2.45) is 0 Å². The van der Waals surface area contributed by atoms with Crippen LogP contribution in [0.4, 0.5) is 20.2 Å². The molecule has 94 valence electrons. The topological polar surface area (TPSA) is 81.2 Å². The molecule has 0 aliphatic carbocycles. The molecule has 0 atom stereocenters. The summed E-state index contributed by atoms with van der Waals surface area (Å²) in [5, 5.41) is 13.1. The molecule has 0 aliphatic heterocycles. The summed E-state index contributed by atoms with van der Waals surface area (Å²) in [7, 11) is 0. The van der Waals surface area contributed by atoms with E-state index in [2.05, 4.69) is 10.3 Å². The van der Waals surface area contributed by atoms with E-state index in [1.807, 2.05) is 0 Å². The minimum absolute atomic E-state index is 0.0405. The highest BCUT2D eigenvalue weighted by atomic mass is 19.2. The van der Waals surface area contributed by atoms with E-state index in [-0.39, 0.29) is 6.54 Å². The summed E-state index contributed by atoms with van der Waals surface area (Å²) in [6, 6.07) is 1.59. The molecule has 0 saturated heterocycles. The van der Waals surface area contributed by atoms with E-state index < -0.39 is 27.9 Å². The summed E-state index contributed by atoms with van der Waals surface area (Å²) in [6.07, 6.45) is 2.52. The Morgan fingerprint density at radius 2 is 2.22 bits per heavy atom. The van der Waals surface area contributed by atoms with Crippen molar-refractivity contribution in [2.45, 2.75) is 6.54 Å². The van der Waals surface area contributed by atoms with Crippen molar-refractivity contribution in [1.29, 1.82) is 0 Å². The molecule has 0 saturated carbocycles. The number of anilines is 1. The van der Waals surface area contributed by atoms with Gasteiger partial charge in [0.25, 0.3) is 5.69 Å². The minimum Gasteiger partial charge on any atom is -0.447 e. The molecule has 0 amide bonds.